The molecule has 0 aliphatic carbocycles. The highest BCUT2D eigenvalue weighted by molar-refractivity contribution is 5.76. The van der Waals surface area contributed by atoms with Crippen molar-refractivity contribution in [1.29, 1.82) is 0 Å². The van der Waals surface area contributed by atoms with Gasteiger partial charge in [0, 0.05) is 39.2 Å². The third kappa shape index (κ3) is 5.77. The molecule has 0 bridgehead atoms. The minimum absolute atomic E-state index is 0.101. The van der Waals surface area contributed by atoms with Crippen LogP contribution in [0.3, 0.4) is 0 Å². The van der Waals surface area contributed by atoms with Gasteiger partial charge < -0.3 is 10.1 Å². The summed E-state index contributed by atoms with van der Waals surface area (Å²) in [6.45, 7) is 9.35. The molecule has 150 valence electrons. The highest BCUT2D eigenvalue weighted by Crippen LogP contribution is 2.22. The fourth-order valence-electron chi connectivity index (χ4n) is 4.32. The second kappa shape index (κ2) is 9.67. The molecule has 2 saturated heterocycles. The molecule has 0 radical (unpaired) electrons. The van der Waals surface area contributed by atoms with E-state index >= 15 is 0 Å². The Bertz CT molecular complexity index is 584. The number of nitrogens with zero attached hydrogens (tertiary/aromatic N) is 2. The van der Waals surface area contributed by atoms with Crippen LogP contribution in [0.5, 0.6) is 0 Å². The maximum atomic E-state index is 12.6. The van der Waals surface area contributed by atoms with Gasteiger partial charge in [-0.1, -0.05) is 30.3 Å². The van der Waals surface area contributed by atoms with E-state index < -0.39 is 0 Å². The average molecular weight is 374 g/mol. The van der Waals surface area contributed by atoms with Gasteiger partial charge >= 0.3 is 0 Å². The van der Waals surface area contributed by atoms with E-state index in [1.807, 2.05) is 0 Å². The molecule has 0 aromatic heterocycles. The van der Waals surface area contributed by atoms with Gasteiger partial charge in [0.15, 0.2) is 0 Å². The Labute approximate surface area is 164 Å². The Kier molecular flexibility index (Phi) is 7.27. The number of hydrogen-bond donors (Lipinski definition) is 1. The molecule has 1 amide bonds. The number of carbonyl (C=O) groups excluding carboxylic acids is 1. The predicted octanol–water partition coefficient (Wildman–Crippen LogP) is 2.51. The molecule has 1 aromatic rings. The fraction of sp³-hybridized carbons (Fsp3) is 0.682. The lowest BCUT2D eigenvalue weighted by atomic mass is 9.92. The maximum Gasteiger partial charge on any atom is 0.220 e. The highest BCUT2D eigenvalue weighted by atomic mass is 16.5. The first kappa shape index (κ1) is 20.3. The number of piperidine rings is 1. The van der Waals surface area contributed by atoms with Gasteiger partial charge in [-0.2, -0.15) is 0 Å². The summed E-state index contributed by atoms with van der Waals surface area (Å²) in [6, 6.07) is 11.2. The normalized spacial score (nSPS) is 25.2. The van der Waals surface area contributed by atoms with Crippen LogP contribution in [0.1, 0.15) is 38.7 Å². The minimum atomic E-state index is 0.101. The van der Waals surface area contributed by atoms with E-state index in [1.54, 1.807) is 7.11 Å². The third-order valence-electron chi connectivity index (χ3n) is 6.10. The molecule has 27 heavy (non-hydrogen) atoms. The molecule has 1 N–H and O–H groups in total. The summed E-state index contributed by atoms with van der Waals surface area (Å²) >= 11 is 0. The van der Waals surface area contributed by atoms with Crippen LogP contribution in [0.2, 0.25) is 0 Å². The van der Waals surface area contributed by atoms with Crippen LogP contribution in [-0.2, 0) is 16.1 Å². The highest BCUT2D eigenvalue weighted by Gasteiger charge is 2.35. The summed E-state index contributed by atoms with van der Waals surface area (Å²) < 4.78 is 5.60. The van der Waals surface area contributed by atoms with Crippen LogP contribution in [0, 0.1) is 5.92 Å². The number of nitrogens with one attached hydrogen (secondary N) is 1. The van der Waals surface area contributed by atoms with Crippen molar-refractivity contribution in [3.8, 4) is 0 Å². The number of ether oxygens (including phenoxy) is 1. The molecule has 5 heteroatoms. The summed E-state index contributed by atoms with van der Waals surface area (Å²) in [5.74, 6) is 0.690. The van der Waals surface area contributed by atoms with Gasteiger partial charge in [-0.25, -0.2) is 0 Å². The quantitative estimate of drug-likeness (QED) is 0.798. The average Bonchev–Trinajstić information content (AvgIpc) is 3.07. The van der Waals surface area contributed by atoms with Crippen LogP contribution in [0.25, 0.3) is 0 Å². The first-order valence-corrected chi connectivity index (χ1v) is 10.4. The number of amides is 1. The molecule has 5 nitrogen and oxygen atoms in total. The molecule has 0 spiro atoms. The molecule has 3 rings (SSSR count). The summed E-state index contributed by atoms with van der Waals surface area (Å²) in [7, 11) is 1.75. The lowest BCUT2D eigenvalue weighted by molar-refractivity contribution is -0.123. The monoisotopic (exact) mass is 373 g/mol. The van der Waals surface area contributed by atoms with E-state index in [1.165, 1.54) is 5.56 Å². The molecular formula is C22H35N3O2. The summed E-state index contributed by atoms with van der Waals surface area (Å²) in [5.41, 5.74) is 1.37. The largest absolute Gasteiger partial charge is 0.378 e. The van der Waals surface area contributed by atoms with Crippen LogP contribution in [0.15, 0.2) is 30.3 Å². The van der Waals surface area contributed by atoms with Crippen molar-refractivity contribution < 1.29 is 9.53 Å². The van der Waals surface area contributed by atoms with E-state index in [-0.39, 0.29) is 18.1 Å². The predicted molar refractivity (Wildman–Crippen MR) is 108 cm³/mol. The molecule has 2 fully saturated rings. The van der Waals surface area contributed by atoms with E-state index in [0.717, 1.165) is 45.6 Å². The maximum absolute atomic E-state index is 12.6. The Morgan fingerprint density at radius 3 is 2.52 bits per heavy atom. The smallest absolute Gasteiger partial charge is 0.220 e. The van der Waals surface area contributed by atoms with Gasteiger partial charge in [-0.15, -0.1) is 0 Å². The zero-order valence-corrected chi connectivity index (χ0v) is 17.1. The van der Waals surface area contributed by atoms with Crippen molar-refractivity contribution in [2.45, 2.75) is 57.8 Å². The van der Waals surface area contributed by atoms with Gasteiger partial charge in [-0.3, -0.25) is 14.6 Å². The van der Waals surface area contributed by atoms with E-state index in [9.17, 15) is 4.79 Å². The molecule has 2 aliphatic heterocycles. The summed E-state index contributed by atoms with van der Waals surface area (Å²) in [6.07, 6.45) is 2.96. The topological polar surface area (TPSA) is 44.8 Å². The van der Waals surface area contributed by atoms with Crippen LogP contribution >= 0.6 is 0 Å². The number of benzene rings is 1. The molecule has 1 aromatic carbocycles. The van der Waals surface area contributed by atoms with Gasteiger partial charge in [0.2, 0.25) is 5.91 Å². The third-order valence-corrected chi connectivity index (χ3v) is 6.10. The van der Waals surface area contributed by atoms with Crippen LogP contribution < -0.4 is 5.32 Å². The Balaban J connectivity index is 1.40. The van der Waals surface area contributed by atoms with Crippen molar-refractivity contribution in [3.05, 3.63) is 35.9 Å². The standard InChI is InChI=1S/C22H35N3O2/c1-17(2)25-15-20(21(16-25)27-3)23-22(26)13-18-9-11-24(12-10-18)14-19-7-5-4-6-8-19/h4-8,17-18,20-21H,9-16H2,1-3H3,(H,23,26)/t20-,21-/m0/s1. The van der Waals surface area contributed by atoms with E-state index in [4.69, 9.17) is 4.74 Å². The molecule has 0 unspecified atom stereocenters. The summed E-state index contributed by atoms with van der Waals surface area (Å²) in [5, 5.41) is 3.24. The Morgan fingerprint density at radius 1 is 1.19 bits per heavy atom. The van der Waals surface area contributed by atoms with E-state index in [2.05, 4.69) is 59.3 Å². The lowest BCUT2D eigenvalue weighted by Crippen LogP contribution is -2.45. The van der Waals surface area contributed by atoms with Crippen molar-refractivity contribution in [2.75, 3.05) is 33.3 Å². The second-order valence-corrected chi connectivity index (χ2v) is 8.41. The zero-order chi connectivity index (χ0) is 19.2. The van der Waals surface area contributed by atoms with Gasteiger partial charge in [0.1, 0.15) is 0 Å². The van der Waals surface area contributed by atoms with Crippen molar-refractivity contribution in [1.82, 2.24) is 15.1 Å². The summed E-state index contributed by atoms with van der Waals surface area (Å²) in [4.78, 5) is 17.5. The fourth-order valence-corrected chi connectivity index (χ4v) is 4.32. The van der Waals surface area contributed by atoms with Crippen LogP contribution in [-0.4, -0.2) is 67.2 Å². The zero-order valence-electron chi connectivity index (χ0n) is 17.1. The number of likely N-dealkylation sites (tertiary alicyclic amines) is 2. The Morgan fingerprint density at radius 2 is 1.89 bits per heavy atom. The molecule has 2 atom stereocenters. The Hall–Kier alpha value is -1.43. The minimum Gasteiger partial charge on any atom is -0.378 e. The first-order chi connectivity index (χ1) is 13.0. The van der Waals surface area contributed by atoms with Crippen LogP contribution in [0.4, 0.5) is 0 Å². The van der Waals surface area contributed by atoms with Crippen molar-refractivity contribution >= 4 is 5.91 Å². The number of carbonyl (C=O) groups is 1. The lowest BCUT2D eigenvalue weighted by Gasteiger charge is -2.32. The molecule has 2 aliphatic rings. The number of methoxy groups -OCH3 is 1. The first-order valence-electron chi connectivity index (χ1n) is 10.4. The number of rotatable bonds is 7. The van der Waals surface area contributed by atoms with Crippen molar-refractivity contribution in [2.24, 2.45) is 5.92 Å². The second-order valence-electron chi connectivity index (χ2n) is 8.41. The molecule has 2 heterocycles. The SMILES string of the molecule is CO[C@H]1CN(C(C)C)C[C@@H]1NC(=O)CC1CCN(Cc2ccccc2)CC1. The van der Waals surface area contributed by atoms with Gasteiger partial charge in [0.25, 0.3) is 0 Å². The van der Waals surface area contributed by atoms with Gasteiger partial charge in [-0.05, 0) is 51.3 Å². The van der Waals surface area contributed by atoms with E-state index in [0.29, 0.717) is 18.4 Å². The van der Waals surface area contributed by atoms with Gasteiger partial charge in [0.05, 0.1) is 12.1 Å². The molecular weight excluding hydrogens is 338 g/mol. The molecule has 0 saturated carbocycles. The number of hydrogen-bond acceptors (Lipinski definition) is 4. The van der Waals surface area contributed by atoms with Crippen molar-refractivity contribution in [3.63, 3.8) is 0 Å².